The molecule has 1 aromatic carbocycles. The summed E-state index contributed by atoms with van der Waals surface area (Å²) in [5.41, 5.74) is 0. The third-order valence-corrected chi connectivity index (χ3v) is 8.71. The van der Waals surface area contributed by atoms with Crippen LogP contribution in [0.4, 0.5) is 0 Å². The van der Waals surface area contributed by atoms with Crippen LogP contribution in [0, 0.1) is 0 Å². The fourth-order valence-electron chi connectivity index (χ4n) is 2.02. The summed E-state index contributed by atoms with van der Waals surface area (Å²) < 4.78 is 42.7. The molecule has 0 saturated carbocycles. The van der Waals surface area contributed by atoms with Gasteiger partial charge in [0.15, 0.2) is 0 Å². The Hall–Kier alpha value is -0.440. The highest BCUT2D eigenvalue weighted by Gasteiger charge is 2.39. The Balaban J connectivity index is 3.14. The van der Waals surface area contributed by atoms with E-state index in [1.165, 1.54) is 0 Å². The minimum Gasteiger partial charge on any atom is -0.325 e. The van der Waals surface area contributed by atoms with Crippen LogP contribution in [0.2, 0.25) is 0 Å². The van der Waals surface area contributed by atoms with E-state index < -0.39 is 15.0 Å². The minimum atomic E-state index is -3.54. The predicted octanol–water partition coefficient (Wildman–Crippen LogP) is 4.63. The van der Waals surface area contributed by atoms with Crippen molar-refractivity contribution < 1.29 is 22.7 Å². The molecule has 0 fully saturated rings. The van der Waals surface area contributed by atoms with Crippen molar-refractivity contribution in [1.29, 1.82) is 0 Å². The molecule has 1 unspecified atom stereocenters. The van der Waals surface area contributed by atoms with Gasteiger partial charge >= 0.3 is 7.60 Å². The van der Waals surface area contributed by atoms with E-state index in [0.29, 0.717) is 5.30 Å². The summed E-state index contributed by atoms with van der Waals surface area (Å²) in [5, 5.41) is 0.525. The van der Waals surface area contributed by atoms with Gasteiger partial charge in [-0.2, -0.15) is 0 Å². The highest BCUT2D eigenvalue weighted by atomic mass is 31.2. The van der Waals surface area contributed by atoms with Crippen molar-refractivity contribution in [3.63, 3.8) is 0 Å². The molecule has 7 heteroatoms. The highest BCUT2D eigenvalue weighted by molar-refractivity contribution is 7.78. The maximum Gasteiger partial charge on any atom is 0.341 e. The van der Waals surface area contributed by atoms with Gasteiger partial charge in [-0.15, -0.1) is 0 Å². The molecule has 0 aliphatic heterocycles. The van der Waals surface area contributed by atoms with E-state index in [-0.39, 0.29) is 24.7 Å². The number of rotatable bonds is 9. The monoisotopic (exact) mass is 348 g/mol. The Labute approximate surface area is 133 Å². The molecule has 0 saturated heterocycles. The van der Waals surface area contributed by atoms with Crippen LogP contribution in [0.25, 0.3) is 0 Å². The third kappa shape index (κ3) is 5.98. The highest BCUT2D eigenvalue weighted by Crippen LogP contribution is 2.63. The zero-order valence-electron chi connectivity index (χ0n) is 13.9. The first kappa shape index (κ1) is 19.6. The normalized spacial score (nSPS) is 15.2. The van der Waals surface area contributed by atoms with Crippen molar-refractivity contribution >= 4 is 20.3 Å². The molecular weight excluding hydrogens is 322 g/mol. The zero-order valence-corrected chi connectivity index (χ0v) is 15.7. The van der Waals surface area contributed by atoms with E-state index in [1.54, 1.807) is 58.9 Å². The van der Waals surface area contributed by atoms with E-state index >= 15 is 0 Å². The summed E-state index contributed by atoms with van der Waals surface area (Å²) in [4.78, 5) is 0. The van der Waals surface area contributed by atoms with Crippen LogP contribution in [0.5, 0.6) is 0 Å². The average Bonchev–Trinajstić information content (AvgIpc) is 2.37. The lowest BCUT2D eigenvalue weighted by atomic mass is 10.4. The molecule has 0 heterocycles. The second kappa shape index (κ2) is 8.42. The summed E-state index contributed by atoms with van der Waals surface area (Å²) in [6, 6.07) is 8.81. The Kier molecular flexibility index (Phi) is 7.51. The lowest BCUT2D eigenvalue weighted by Gasteiger charge is -2.26. The van der Waals surface area contributed by atoms with Crippen LogP contribution in [0.1, 0.15) is 34.6 Å². The van der Waals surface area contributed by atoms with Crippen molar-refractivity contribution in [2.75, 3.05) is 12.5 Å². The standard InChI is InChI=1S/C15H26O5P2/c1-6-18-21(16,15-10-8-7-9-11-15)12-22(17,19-13(2)3)20-14(4)5/h7-11,13-14H,6,12H2,1-5H3. The Morgan fingerprint density at radius 2 is 1.45 bits per heavy atom. The maximum absolute atomic E-state index is 13.2. The average molecular weight is 348 g/mol. The Bertz CT molecular complexity index is 528. The van der Waals surface area contributed by atoms with E-state index in [2.05, 4.69) is 0 Å². The first-order valence-electron chi connectivity index (χ1n) is 7.46. The summed E-state index contributed by atoms with van der Waals surface area (Å²) >= 11 is 0. The number of hydrogen-bond donors (Lipinski definition) is 0. The van der Waals surface area contributed by atoms with Crippen molar-refractivity contribution in [1.82, 2.24) is 0 Å². The van der Waals surface area contributed by atoms with Gasteiger partial charge in [0.05, 0.1) is 18.8 Å². The molecule has 0 amide bonds. The molecule has 1 aromatic rings. The fraction of sp³-hybridized carbons (Fsp3) is 0.600. The molecule has 1 rings (SSSR count). The maximum atomic E-state index is 13.2. The Morgan fingerprint density at radius 3 is 1.86 bits per heavy atom. The van der Waals surface area contributed by atoms with Gasteiger partial charge in [-0.1, -0.05) is 18.2 Å². The van der Waals surface area contributed by atoms with Gasteiger partial charge in [-0.25, -0.2) is 0 Å². The van der Waals surface area contributed by atoms with Crippen LogP contribution in [0.15, 0.2) is 30.3 Å². The summed E-state index contributed by atoms with van der Waals surface area (Å²) in [7, 11) is -6.86. The molecule has 0 bridgehead atoms. The van der Waals surface area contributed by atoms with Gasteiger partial charge in [-0.05, 0) is 46.8 Å². The molecule has 1 atom stereocenters. The van der Waals surface area contributed by atoms with E-state index in [4.69, 9.17) is 13.6 Å². The van der Waals surface area contributed by atoms with Gasteiger partial charge in [0.1, 0.15) is 5.90 Å². The van der Waals surface area contributed by atoms with Crippen molar-refractivity contribution in [3.05, 3.63) is 30.3 Å². The zero-order chi connectivity index (χ0) is 16.8. The lowest BCUT2D eigenvalue weighted by Crippen LogP contribution is -2.16. The molecule has 0 aromatic heterocycles. The van der Waals surface area contributed by atoms with Crippen molar-refractivity contribution in [2.24, 2.45) is 0 Å². The molecule has 0 spiro atoms. The van der Waals surface area contributed by atoms with Crippen molar-refractivity contribution in [3.8, 4) is 0 Å². The SMILES string of the molecule is CCOP(=O)(CP(=O)(OC(C)C)OC(C)C)c1ccccc1. The molecule has 0 aliphatic carbocycles. The van der Waals surface area contributed by atoms with Gasteiger partial charge < -0.3 is 13.6 Å². The van der Waals surface area contributed by atoms with Gasteiger partial charge in [0.2, 0.25) is 7.37 Å². The van der Waals surface area contributed by atoms with Crippen molar-refractivity contribution in [2.45, 2.75) is 46.8 Å². The molecule has 0 radical (unpaired) electrons. The number of benzene rings is 1. The van der Waals surface area contributed by atoms with Crippen LogP contribution >= 0.6 is 15.0 Å². The predicted molar refractivity (Wildman–Crippen MR) is 90.2 cm³/mol. The second-order valence-corrected chi connectivity index (χ2v) is 10.4. The van der Waals surface area contributed by atoms with Gasteiger partial charge in [0, 0.05) is 5.30 Å². The second-order valence-electron chi connectivity index (χ2n) is 5.49. The largest absolute Gasteiger partial charge is 0.341 e. The molecule has 0 aliphatic rings. The molecule has 22 heavy (non-hydrogen) atoms. The molecule has 126 valence electrons. The van der Waals surface area contributed by atoms with Gasteiger partial charge in [-0.3, -0.25) is 9.13 Å². The van der Waals surface area contributed by atoms with Gasteiger partial charge in [0.25, 0.3) is 0 Å². The third-order valence-electron chi connectivity index (χ3n) is 2.59. The van der Waals surface area contributed by atoms with E-state index in [9.17, 15) is 9.13 Å². The molecule has 5 nitrogen and oxygen atoms in total. The lowest BCUT2D eigenvalue weighted by molar-refractivity contribution is 0.144. The van der Waals surface area contributed by atoms with E-state index in [0.717, 1.165) is 0 Å². The fourth-order valence-corrected chi connectivity index (χ4v) is 7.89. The van der Waals surface area contributed by atoms with E-state index in [1.807, 2.05) is 6.07 Å². The first-order valence-corrected chi connectivity index (χ1v) is 11.0. The van der Waals surface area contributed by atoms with Crippen LogP contribution in [0.3, 0.4) is 0 Å². The minimum absolute atomic E-state index is 0.256. The molecular formula is C15H26O5P2. The smallest absolute Gasteiger partial charge is 0.325 e. The molecule has 0 N–H and O–H groups in total. The first-order chi connectivity index (χ1) is 10.2. The Morgan fingerprint density at radius 1 is 0.955 bits per heavy atom. The van der Waals surface area contributed by atoms with Crippen LogP contribution in [-0.4, -0.2) is 24.7 Å². The summed E-state index contributed by atoms with van der Waals surface area (Å²) in [6.07, 6.45) is -0.592. The number of hydrogen-bond acceptors (Lipinski definition) is 5. The quantitative estimate of drug-likeness (QED) is 0.609. The summed E-state index contributed by atoms with van der Waals surface area (Å²) in [6.45, 7) is 9.09. The summed E-state index contributed by atoms with van der Waals surface area (Å²) in [5.74, 6) is -0.256. The van der Waals surface area contributed by atoms with Crippen LogP contribution in [-0.2, 0) is 22.7 Å². The topological polar surface area (TPSA) is 61.8 Å². The van der Waals surface area contributed by atoms with Crippen LogP contribution < -0.4 is 5.30 Å².